The first-order chi connectivity index (χ1) is 9.19. The van der Waals surface area contributed by atoms with Gasteiger partial charge in [-0.05, 0) is 49.9 Å². The Morgan fingerprint density at radius 3 is 2.63 bits per heavy atom. The van der Waals surface area contributed by atoms with Crippen LogP contribution in [0.2, 0.25) is 0 Å². The molecule has 0 aromatic carbocycles. The van der Waals surface area contributed by atoms with Crippen molar-refractivity contribution in [3.63, 3.8) is 0 Å². The zero-order valence-electron chi connectivity index (χ0n) is 10.8. The molecule has 4 nitrogen and oxygen atoms in total. The van der Waals surface area contributed by atoms with Gasteiger partial charge in [0.2, 0.25) is 0 Å². The Balaban J connectivity index is 1.51. The van der Waals surface area contributed by atoms with Gasteiger partial charge in [-0.25, -0.2) is 4.79 Å². The number of rotatable bonds is 4. The van der Waals surface area contributed by atoms with Crippen LogP contribution < -0.4 is 0 Å². The number of hydrogen-bond donors (Lipinski definition) is 0. The van der Waals surface area contributed by atoms with Gasteiger partial charge in [0.1, 0.15) is 11.4 Å². The molecule has 0 amide bonds. The van der Waals surface area contributed by atoms with E-state index < -0.39 is 11.9 Å². The van der Waals surface area contributed by atoms with Gasteiger partial charge in [0.15, 0.2) is 6.61 Å². The first-order valence-electron chi connectivity index (χ1n) is 7.10. The molecule has 0 radical (unpaired) electrons. The minimum absolute atomic E-state index is 0.0653. The van der Waals surface area contributed by atoms with Gasteiger partial charge in [-0.2, -0.15) is 0 Å². The first kappa shape index (κ1) is 13.4. The molecule has 0 spiro atoms. The highest BCUT2D eigenvalue weighted by atomic mass is 79.9. The minimum atomic E-state index is -0.429. The Hall–Kier alpha value is -0.580. The monoisotopic (exact) mass is 330 g/mol. The summed E-state index contributed by atoms with van der Waals surface area (Å²) in [6.07, 6.45) is 6.26. The van der Waals surface area contributed by atoms with Crippen molar-refractivity contribution in [2.45, 2.75) is 38.2 Å². The largest absolute Gasteiger partial charge is 0.460 e. The van der Waals surface area contributed by atoms with E-state index in [0.717, 1.165) is 24.2 Å². The maximum absolute atomic E-state index is 11.7. The predicted molar refractivity (Wildman–Crippen MR) is 71.7 cm³/mol. The number of halogens is 1. The van der Waals surface area contributed by atoms with E-state index in [1.54, 1.807) is 0 Å². The van der Waals surface area contributed by atoms with Crippen molar-refractivity contribution >= 4 is 27.9 Å². The Morgan fingerprint density at radius 2 is 1.84 bits per heavy atom. The Morgan fingerprint density at radius 1 is 1.05 bits per heavy atom. The number of fused-ring (bicyclic) bond motifs is 5. The maximum Gasteiger partial charge on any atom is 0.344 e. The summed E-state index contributed by atoms with van der Waals surface area (Å²) in [6, 6.07) is 0. The molecule has 0 saturated heterocycles. The van der Waals surface area contributed by atoms with Gasteiger partial charge >= 0.3 is 11.9 Å². The van der Waals surface area contributed by atoms with Gasteiger partial charge in [0.25, 0.3) is 0 Å². The normalized spacial score (nSPS) is 39.1. The number of ether oxygens (including phenoxy) is 2. The van der Waals surface area contributed by atoms with Crippen LogP contribution in [0.3, 0.4) is 0 Å². The molecule has 3 rings (SSSR count). The molecule has 5 heteroatoms. The van der Waals surface area contributed by atoms with E-state index in [2.05, 4.69) is 15.9 Å². The van der Waals surface area contributed by atoms with Crippen LogP contribution in [0.25, 0.3) is 0 Å². The average Bonchev–Trinajstić information content (AvgIpc) is 3.09. The molecule has 0 aliphatic heterocycles. The number of hydrogen-bond acceptors (Lipinski definition) is 4. The average molecular weight is 331 g/mol. The van der Waals surface area contributed by atoms with Crippen molar-refractivity contribution in [2.24, 2.45) is 23.7 Å². The third kappa shape index (κ3) is 2.54. The molecule has 3 fully saturated rings. The van der Waals surface area contributed by atoms with Crippen LogP contribution in [0.5, 0.6) is 0 Å². The van der Waals surface area contributed by atoms with E-state index in [1.807, 2.05) is 0 Å². The molecule has 3 aliphatic rings. The number of carbonyl (C=O) groups is 2. The van der Waals surface area contributed by atoms with E-state index in [0.29, 0.717) is 5.92 Å². The van der Waals surface area contributed by atoms with Crippen molar-refractivity contribution in [1.82, 2.24) is 0 Å². The molecule has 5 atom stereocenters. The standard InChI is InChI=1S/C14H19BrO4/c15-6-12(16)18-7-13(17)19-11-4-3-10-8-1-2-9(5-8)14(10)11/h8-11,14H,1-7H2. The molecule has 106 valence electrons. The first-order valence-corrected chi connectivity index (χ1v) is 8.22. The van der Waals surface area contributed by atoms with Crippen LogP contribution in [0.1, 0.15) is 32.1 Å². The molecule has 0 heterocycles. The molecule has 0 aromatic heterocycles. The molecule has 5 unspecified atom stereocenters. The van der Waals surface area contributed by atoms with Crippen molar-refractivity contribution < 1.29 is 19.1 Å². The second-order valence-electron chi connectivity index (χ2n) is 5.97. The smallest absolute Gasteiger partial charge is 0.344 e. The van der Waals surface area contributed by atoms with E-state index in [-0.39, 0.29) is 18.0 Å². The Labute approximate surface area is 121 Å². The third-order valence-corrected chi connectivity index (χ3v) is 5.57. The lowest BCUT2D eigenvalue weighted by atomic mass is 9.81. The highest BCUT2D eigenvalue weighted by Gasteiger charge is 2.54. The van der Waals surface area contributed by atoms with Crippen LogP contribution in [0.15, 0.2) is 0 Å². The summed E-state index contributed by atoms with van der Waals surface area (Å²) in [7, 11) is 0. The van der Waals surface area contributed by atoms with E-state index >= 15 is 0 Å². The van der Waals surface area contributed by atoms with Crippen LogP contribution in [0, 0.1) is 23.7 Å². The molecule has 0 N–H and O–H groups in total. The van der Waals surface area contributed by atoms with Gasteiger partial charge < -0.3 is 9.47 Å². The third-order valence-electron chi connectivity index (χ3n) is 5.11. The summed E-state index contributed by atoms with van der Waals surface area (Å²) >= 11 is 2.99. The van der Waals surface area contributed by atoms with Crippen molar-refractivity contribution in [3.05, 3.63) is 0 Å². The fraction of sp³-hybridized carbons (Fsp3) is 0.857. The lowest BCUT2D eigenvalue weighted by molar-refractivity contribution is -0.163. The fourth-order valence-corrected chi connectivity index (χ4v) is 4.69. The number of alkyl halides is 1. The lowest BCUT2D eigenvalue weighted by Crippen LogP contribution is -2.31. The summed E-state index contributed by atoms with van der Waals surface area (Å²) in [5, 5.41) is 0.109. The van der Waals surface area contributed by atoms with E-state index in [4.69, 9.17) is 9.47 Å². The molecular weight excluding hydrogens is 312 g/mol. The number of esters is 2. The predicted octanol–water partition coefficient (Wildman–Crippen LogP) is 2.29. The van der Waals surface area contributed by atoms with Gasteiger partial charge in [-0.15, -0.1) is 0 Å². The highest BCUT2D eigenvalue weighted by Crippen LogP contribution is 2.59. The van der Waals surface area contributed by atoms with E-state index in [1.165, 1.54) is 25.7 Å². The quantitative estimate of drug-likeness (QED) is 0.586. The topological polar surface area (TPSA) is 52.6 Å². The Bertz CT molecular complexity index is 384. The van der Waals surface area contributed by atoms with Crippen LogP contribution in [-0.4, -0.2) is 30.0 Å². The Kier molecular flexibility index (Phi) is 3.83. The zero-order chi connectivity index (χ0) is 13.4. The van der Waals surface area contributed by atoms with Crippen LogP contribution >= 0.6 is 15.9 Å². The van der Waals surface area contributed by atoms with Gasteiger partial charge in [0, 0.05) is 5.92 Å². The van der Waals surface area contributed by atoms with Crippen molar-refractivity contribution in [3.8, 4) is 0 Å². The summed E-state index contributed by atoms with van der Waals surface area (Å²) in [5.74, 6) is 2.17. The number of carbonyl (C=O) groups excluding carboxylic acids is 2. The lowest BCUT2D eigenvalue weighted by Gasteiger charge is -2.28. The zero-order valence-corrected chi connectivity index (χ0v) is 12.4. The van der Waals surface area contributed by atoms with Crippen molar-refractivity contribution in [2.75, 3.05) is 11.9 Å². The fourth-order valence-electron chi connectivity index (χ4n) is 4.53. The summed E-state index contributed by atoms with van der Waals surface area (Å²) in [4.78, 5) is 22.7. The maximum atomic E-state index is 11.7. The molecule has 2 bridgehead atoms. The van der Waals surface area contributed by atoms with Crippen LogP contribution in [-0.2, 0) is 19.1 Å². The van der Waals surface area contributed by atoms with Crippen molar-refractivity contribution in [1.29, 1.82) is 0 Å². The van der Waals surface area contributed by atoms with Gasteiger partial charge in [0.05, 0.1) is 0 Å². The molecule has 0 aromatic rings. The molecule has 19 heavy (non-hydrogen) atoms. The second-order valence-corrected chi connectivity index (χ2v) is 6.54. The minimum Gasteiger partial charge on any atom is -0.460 e. The van der Waals surface area contributed by atoms with Gasteiger partial charge in [-0.3, -0.25) is 4.79 Å². The van der Waals surface area contributed by atoms with Gasteiger partial charge in [-0.1, -0.05) is 15.9 Å². The summed E-state index contributed by atoms with van der Waals surface area (Å²) in [5.41, 5.74) is 0. The molecule has 3 saturated carbocycles. The highest BCUT2D eigenvalue weighted by molar-refractivity contribution is 9.09. The molecular formula is C14H19BrO4. The molecule has 3 aliphatic carbocycles. The summed E-state index contributed by atoms with van der Waals surface area (Å²) in [6.45, 7) is -0.258. The van der Waals surface area contributed by atoms with Crippen LogP contribution in [0.4, 0.5) is 0 Å². The summed E-state index contributed by atoms with van der Waals surface area (Å²) < 4.78 is 10.3. The SMILES string of the molecule is O=C(CBr)OCC(=O)OC1CCC2C3CCC(C3)C12. The van der Waals surface area contributed by atoms with E-state index in [9.17, 15) is 9.59 Å². The second kappa shape index (κ2) is 5.43.